The van der Waals surface area contributed by atoms with E-state index >= 15 is 0 Å². The lowest BCUT2D eigenvalue weighted by Crippen LogP contribution is -2.15. The standard InChI is InChI=1S/C14H16N2O2S/c1-11(9-14(17)16-8-4-7-15-16)19-13-6-3-5-12(10-13)18-2/h3-8,10-11H,9H2,1-2H3/t11-/m1/s1. The summed E-state index contributed by atoms with van der Waals surface area (Å²) in [7, 11) is 1.65. The Bertz CT molecular complexity index is 540. The van der Waals surface area contributed by atoms with Crippen molar-refractivity contribution in [1.82, 2.24) is 9.78 Å². The number of thioether (sulfide) groups is 1. The van der Waals surface area contributed by atoms with Gasteiger partial charge in [-0.1, -0.05) is 13.0 Å². The molecule has 19 heavy (non-hydrogen) atoms. The Balaban J connectivity index is 1.93. The molecule has 0 saturated carbocycles. The summed E-state index contributed by atoms with van der Waals surface area (Å²) in [4.78, 5) is 13.0. The van der Waals surface area contributed by atoms with Crippen LogP contribution in [0.25, 0.3) is 0 Å². The van der Waals surface area contributed by atoms with E-state index < -0.39 is 0 Å². The molecule has 2 aromatic rings. The van der Waals surface area contributed by atoms with Crippen molar-refractivity contribution in [1.29, 1.82) is 0 Å². The lowest BCUT2D eigenvalue weighted by Gasteiger charge is -2.11. The number of aromatic nitrogens is 2. The number of nitrogens with zero attached hydrogens (tertiary/aromatic N) is 2. The molecule has 0 saturated heterocycles. The number of methoxy groups -OCH3 is 1. The van der Waals surface area contributed by atoms with Crippen LogP contribution in [0.1, 0.15) is 18.1 Å². The van der Waals surface area contributed by atoms with Crippen molar-refractivity contribution in [3.8, 4) is 5.75 Å². The summed E-state index contributed by atoms with van der Waals surface area (Å²) >= 11 is 1.66. The van der Waals surface area contributed by atoms with Crippen molar-refractivity contribution in [2.75, 3.05) is 7.11 Å². The summed E-state index contributed by atoms with van der Waals surface area (Å²) < 4.78 is 6.56. The highest BCUT2D eigenvalue weighted by molar-refractivity contribution is 8.00. The minimum atomic E-state index is 0.00731. The first-order chi connectivity index (χ1) is 9.19. The molecule has 4 nitrogen and oxygen atoms in total. The third-order valence-corrected chi connectivity index (χ3v) is 3.70. The average Bonchev–Trinajstić information content (AvgIpc) is 2.92. The minimum Gasteiger partial charge on any atom is -0.497 e. The average molecular weight is 276 g/mol. The number of carbonyl (C=O) groups is 1. The normalized spacial score (nSPS) is 12.1. The molecular weight excluding hydrogens is 260 g/mol. The molecule has 0 unspecified atom stereocenters. The van der Waals surface area contributed by atoms with Gasteiger partial charge < -0.3 is 4.74 Å². The van der Waals surface area contributed by atoms with Crippen LogP contribution < -0.4 is 4.74 Å². The Labute approximate surface area is 116 Å². The van der Waals surface area contributed by atoms with E-state index in [4.69, 9.17) is 4.74 Å². The summed E-state index contributed by atoms with van der Waals surface area (Å²) in [5.74, 6) is 0.837. The Kier molecular flexibility index (Phi) is 4.63. The summed E-state index contributed by atoms with van der Waals surface area (Å²) in [6, 6.07) is 9.59. The van der Waals surface area contributed by atoms with E-state index in [0.717, 1.165) is 10.6 Å². The molecule has 1 aromatic heterocycles. The van der Waals surface area contributed by atoms with E-state index in [2.05, 4.69) is 5.10 Å². The SMILES string of the molecule is COc1cccc(S[C@H](C)CC(=O)n2cccn2)c1. The molecule has 0 spiro atoms. The van der Waals surface area contributed by atoms with Gasteiger partial charge in [-0.25, -0.2) is 4.68 Å². The molecule has 0 radical (unpaired) electrons. The first-order valence-corrected chi connectivity index (χ1v) is 6.90. The predicted molar refractivity (Wildman–Crippen MR) is 75.8 cm³/mol. The quantitative estimate of drug-likeness (QED) is 0.787. The van der Waals surface area contributed by atoms with Gasteiger partial charge in [-0.2, -0.15) is 5.10 Å². The number of ether oxygens (including phenoxy) is 1. The van der Waals surface area contributed by atoms with Gasteiger partial charge in [0.25, 0.3) is 0 Å². The zero-order valence-electron chi connectivity index (χ0n) is 10.9. The maximum absolute atomic E-state index is 11.9. The fraction of sp³-hybridized carbons (Fsp3) is 0.286. The van der Waals surface area contributed by atoms with Crippen LogP contribution in [-0.2, 0) is 0 Å². The maximum atomic E-state index is 11.9. The first kappa shape index (κ1) is 13.7. The van der Waals surface area contributed by atoms with Gasteiger partial charge in [0.2, 0.25) is 5.91 Å². The van der Waals surface area contributed by atoms with Crippen molar-refractivity contribution >= 4 is 17.7 Å². The molecule has 0 aliphatic heterocycles. The van der Waals surface area contributed by atoms with Gasteiger partial charge in [0, 0.05) is 29.0 Å². The molecule has 100 valence electrons. The van der Waals surface area contributed by atoms with Gasteiger partial charge >= 0.3 is 0 Å². The van der Waals surface area contributed by atoms with E-state index in [-0.39, 0.29) is 11.2 Å². The van der Waals surface area contributed by atoms with Gasteiger partial charge in [0.05, 0.1) is 7.11 Å². The molecule has 5 heteroatoms. The number of benzene rings is 1. The smallest absolute Gasteiger partial charge is 0.247 e. The van der Waals surface area contributed by atoms with Crippen molar-refractivity contribution in [3.63, 3.8) is 0 Å². The zero-order chi connectivity index (χ0) is 13.7. The van der Waals surface area contributed by atoms with E-state index in [1.165, 1.54) is 4.68 Å². The molecule has 0 amide bonds. The highest BCUT2D eigenvalue weighted by atomic mass is 32.2. The Morgan fingerprint density at radius 2 is 2.32 bits per heavy atom. The van der Waals surface area contributed by atoms with Gasteiger partial charge in [-0.15, -0.1) is 11.8 Å². The van der Waals surface area contributed by atoms with Crippen LogP contribution in [0.5, 0.6) is 5.75 Å². The zero-order valence-corrected chi connectivity index (χ0v) is 11.8. The fourth-order valence-corrected chi connectivity index (χ4v) is 2.74. The summed E-state index contributed by atoms with van der Waals surface area (Å²) in [6.07, 6.45) is 3.73. The predicted octanol–water partition coefficient (Wildman–Crippen LogP) is 3.10. The Hall–Kier alpha value is -1.75. The second-order valence-electron chi connectivity index (χ2n) is 4.16. The van der Waals surface area contributed by atoms with Gasteiger partial charge in [0.1, 0.15) is 5.75 Å². The van der Waals surface area contributed by atoms with Crippen LogP contribution in [0.2, 0.25) is 0 Å². The van der Waals surface area contributed by atoms with Crippen LogP contribution in [0.4, 0.5) is 0 Å². The summed E-state index contributed by atoms with van der Waals surface area (Å²) in [6.45, 7) is 2.03. The third kappa shape index (κ3) is 3.86. The van der Waals surface area contributed by atoms with Gasteiger partial charge in [-0.05, 0) is 24.3 Å². The molecule has 0 N–H and O–H groups in total. The van der Waals surface area contributed by atoms with Crippen LogP contribution in [0, 0.1) is 0 Å². The molecule has 2 rings (SSSR count). The number of hydrogen-bond donors (Lipinski definition) is 0. The molecular formula is C14H16N2O2S. The second-order valence-corrected chi connectivity index (χ2v) is 5.67. The monoisotopic (exact) mass is 276 g/mol. The molecule has 1 aromatic carbocycles. The molecule has 1 heterocycles. The number of rotatable bonds is 5. The Morgan fingerprint density at radius 3 is 3.00 bits per heavy atom. The van der Waals surface area contributed by atoms with E-state index in [1.54, 1.807) is 37.3 Å². The molecule has 0 bridgehead atoms. The summed E-state index contributed by atoms with van der Waals surface area (Å²) in [5, 5.41) is 4.13. The van der Waals surface area contributed by atoms with E-state index in [0.29, 0.717) is 6.42 Å². The van der Waals surface area contributed by atoms with Crippen molar-refractivity contribution in [2.45, 2.75) is 23.5 Å². The Morgan fingerprint density at radius 1 is 1.47 bits per heavy atom. The lowest BCUT2D eigenvalue weighted by atomic mass is 10.3. The van der Waals surface area contributed by atoms with Crippen LogP contribution in [0.3, 0.4) is 0 Å². The second kappa shape index (κ2) is 6.43. The first-order valence-electron chi connectivity index (χ1n) is 6.02. The topological polar surface area (TPSA) is 44.1 Å². The molecule has 1 atom stereocenters. The van der Waals surface area contributed by atoms with E-state index in [9.17, 15) is 4.79 Å². The molecule has 0 fully saturated rings. The van der Waals surface area contributed by atoms with Crippen LogP contribution in [0.15, 0.2) is 47.6 Å². The van der Waals surface area contributed by atoms with Crippen LogP contribution in [-0.4, -0.2) is 28.0 Å². The highest BCUT2D eigenvalue weighted by Gasteiger charge is 2.12. The summed E-state index contributed by atoms with van der Waals surface area (Å²) in [5.41, 5.74) is 0. The largest absolute Gasteiger partial charge is 0.497 e. The fourth-order valence-electron chi connectivity index (χ4n) is 1.70. The van der Waals surface area contributed by atoms with Crippen molar-refractivity contribution < 1.29 is 9.53 Å². The van der Waals surface area contributed by atoms with Crippen molar-refractivity contribution in [2.24, 2.45) is 0 Å². The highest BCUT2D eigenvalue weighted by Crippen LogP contribution is 2.28. The number of carbonyl (C=O) groups excluding carboxylic acids is 1. The third-order valence-electron chi connectivity index (χ3n) is 2.60. The van der Waals surface area contributed by atoms with Crippen molar-refractivity contribution in [3.05, 3.63) is 42.7 Å². The van der Waals surface area contributed by atoms with Gasteiger partial charge in [0.15, 0.2) is 0 Å². The number of hydrogen-bond acceptors (Lipinski definition) is 4. The lowest BCUT2D eigenvalue weighted by molar-refractivity contribution is 0.0888. The minimum absolute atomic E-state index is 0.00731. The van der Waals surface area contributed by atoms with E-state index in [1.807, 2.05) is 31.2 Å². The molecule has 0 aliphatic rings. The van der Waals surface area contributed by atoms with Gasteiger partial charge in [-0.3, -0.25) is 4.79 Å². The maximum Gasteiger partial charge on any atom is 0.247 e. The molecule has 0 aliphatic carbocycles. The van der Waals surface area contributed by atoms with Crippen LogP contribution >= 0.6 is 11.8 Å².